The molecule has 1 aliphatic carbocycles. The van der Waals surface area contributed by atoms with Crippen molar-refractivity contribution in [3.05, 3.63) is 35.9 Å². The van der Waals surface area contributed by atoms with E-state index >= 15 is 0 Å². The van der Waals surface area contributed by atoms with Gasteiger partial charge in [0.1, 0.15) is 5.54 Å². The minimum Gasteiger partial charge on any atom is -0.310 e. The van der Waals surface area contributed by atoms with E-state index in [9.17, 15) is 5.26 Å². The fourth-order valence-corrected chi connectivity index (χ4v) is 3.22. The van der Waals surface area contributed by atoms with Crippen LogP contribution in [0.15, 0.2) is 30.3 Å². The summed E-state index contributed by atoms with van der Waals surface area (Å²) in [6, 6.07) is 12.7. The van der Waals surface area contributed by atoms with Crippen molar-refractivity contribution in [1.29, 1.82) is 5.26 Å². The van der Waals surface area contributed by atoms with Crippen molar-refractivity contribution in [3.63, 3.8) is 0 Å². The summed E-state index contributed by atoms with van der Waals surface area (Å²) in [5, 5.41) is 9.50. The minimum absolute atomic E-state index is 0.653. The van der Waals surface area contributed by atoms with Gasteiger partial charge in [-0.3, -0.25) is 0 Å². The Hall–Kier alpha value is -1.37. The predicted octanol–water partition coefficient (Wildman–Crippen LogP) is 3.26. The van der Waals surface area contributed by atoms with Gasteiger partial charge < -0.3 is 10.6 Å². The summed E-state index contributed by atoms with van der Waals surface area (Å²) in [5.41, 5.74) is 6.37. The van der Waals surface area contributed by atoms with E-state index < -0.39 is 5.54 Å². The molecule has 0 saturated heterocycles. The number of rotatable bonds is 5. The maximum Gasteiger partial charge on any atom is 0.131 e. The van der Waals surface area contributed by atoms with Crippen molar-refractivity contribution in [1.82, 2.24) is 4.90 Å². The third kappa shape index (κ3) is 4.06. The Kier molecular flexibility index (Phi) is 5.39. The van der Waals surface area contributed by atoms with Gasteiger partial charge in [0.2, 0.25) is 0 Å². The van der Waals surface area contributed by atoms with Crippen LogP contribution in [0, 0.1) is 17.2 Å². The quantitative estimate of drug-likeness (QED) is 0.903. The van der Waals surface area contributed by atoms with E-state index in [0.29, 0.717) is 12.5 Å². The van der Waals surface area contributed by atoms with Crippen LogP contribution in [0.1, 0.15) is 44.6 Å². The van der Waals surface area contributed by atoms with Crippen LogP contribution in [-0.2, 0) is 5.54 Å². The molecule has 1 aromatic rings. The van der Waals surface area contributed by atoms with Crippen molar-refractivity contribution in [3.8, 4) is 6.07 Å². The summed E-state index contributed by atoms with van der Waals surface area (Å²) >= 11 is 0. The maximum atomic E-state index is 9.50. The van der Waals surface area contributed by atoms with Gasteiger partial charge in [0.15, 0.2) is 0 Å². The number of hydrogen-bond donors (Lipinski definition) is 1. The summed E-state index contributed by atoms with van der Waals surface area (Å²) in [4.78, 5) is 2.40. The molecule has 1 fully saturated rings. The fraction of sp³-hybridized carbons (Fsp3) is 0.611. The number of nitrogens with zero attached hydrogens (tertiary/aromatic N) is 2. The Labute approximate surface area is 128 Å². The van der Waals surface area contributed by atoms with Crippen LogP contribution >= 0.6 is 0 Å². The molecule has 1 unspecified atom stereocenters. The number of benzene rings is 1. The van der Waals surface area contributed by atoms with Crippen LogP contribution < -0.4 is 5.73 Å². The second kappa shape index (κ2) is 7.06. The molecule has 114 valence electrons. The molecular formula is C18H27N3. The Morgan fingerprint density at radius 1 is 1.24 bits per heavy atom. The lowest BCUT2D eigenvalue weighted by Crippen LogP contribution is -2.42. The molecule has 0 heterocycles. The van der Waals surface area contributed by atoms with Gasteiger partial charge >= 0.3 is 0 Å². The largest absolute Gasteiger partial charge is 0.310 e. The van der Waals surface area contributed by atoms with Crippen LogP contribution in [0.4, 0.5) is 0 Å². The molecule has 1 aromatic carbocycles. The highest BCUT2D eigenvalue weighted by molar-refractivity contribution is 5.30. The first-order valence-electron chi connectivity index (χ1n) is 8.01. The maximum absolute atomic E-state index is 9.50. The monoisotopic (exact) mass is 285 g/mol. The average Bonchev–Trinajstić information content (AvgIpc) is 2.54. The fourth-order valence-electron chi connectivity index (χ4n) is 3.22. The first kappa shape index (κ1) is 16.0. The van der Waals surface area contributed by atoms with E-state index in [1.54, 1.807) is 0 Å². The third-order valence-corrected chi connectivity index (χ3v) is 4.96. The molecule has 2 rings (SSSR count). The van der Waals surface area contributed by atoms with Crippen molar-refractivity contribution in [2.45, 2.75) is 50.6 Å². The van der Waals surface area contributed by atoms with Gasteiger partial charge in [0, 0.05) is 12.6 Å². The zero-order chi connectivity index (χ0) is 15.3. The summed E-state index contributed by atoms with van der Waals surface area (Å²) in [6.45, 7) is 3.21. The van der Waals surface area contributed by atoms with E-state index in [-0.39, 0.29) is 0 Å². The lowest BCUT2D eigenvalue weighted by atomic mass is 9.85. The lowest BCUT2D eigenvalue weighted by molar-refractivity contribution is 0.162. The topological polar surface area (TPSA) is 53.0 Å². The van der Waals surface area contributed by atoms with E-state index in [4.69, 9.17) is 5.73 Å². The Morgan fingerprint density at radius 3 is 2.43 bits per heavy atom. The predicted molar refractivity (Wildman–Crippen MR) is 86.6 cm³/mol. The minimum atomic E-state index is -0.878. The van der Waals surface area contributed by atoms with Gasteiger partial charge in [0.05, 0.1) is 6.07 Å². The molecule has 0 bridgehead atoms. The number of nitrogens with two attached hydrogens (primary N) is 1. The van der Waals surface area contributed by atoms with Gasteiger partial charge in [-0.05, 0) is 50.6 Å². The Balaban J connectivity index is 1.93. The molecule has 0 radical (unpaired) electrons. The molecule has 2 N–H and O–H groups in total. The van der Waals surface area contributed by atoms with Gasteiger partial charge in [-0.25, -0.2) is 0 Å². The standard InChI is InChI=1S/C18H27N3/c1-15-8-10-17(11-9-15)21(2)13-12-18(20,14-19)16-6-4-3-5-7-16/h3-7,15,17H,8-13,20H2,1-2H3. The van der Waals surface area contributed by atoms with Gasteiger partial charge in [-0.1, -0.05) is 37.3 Å². The van der Waals surface area contributed by atoms with Crippen LogP contribution in [0.3, 0.4) is 0 Å². The molecular weight excluding hydrogens is 258 g/mol. The summed E-state index contributed by atoms with van der Waals surface area (Å²) < 4.78 is 0. The summed E-state index contributed by atoms with van der Waals surface area (Å²) in [5.74, 6) is 0.867. The SMILES string of the molecule is CC1CCC(N(C)CCC(N)(C#N)c2ccccc2)CC1. The van der Waals surface area contributed by atoms with E-state index in [0.717, 1.165) is 18.0 Å². The molecule has 3 heteroatoms. The molecule has 0 aromatic heterocycles. The molecule has 0 aliphatic heterocycles. The highest BCUT2D eigenvalue weighted by Gasteiger charge is 2.29. The average molecular weight is 285 g/mol. The normalized spacial score (nSPS) is 25.3. The smallest absolute Gasteiger partial charge is 0.131 e. The lowest BCUT2D eigenvalue weighted by Gasteiger charge is -2.35. The molecule has 21 heavy (non-hydrogen) atoms. The molecule has 0 spiro atoms. The Morgan fingerprint density at radius 2 is 1.86 bits per heavy atom. The van der Waals surface area contributed by atoms with Crippen molar-refractivity contribution in [2.24, 2.45) is 11.7 Å². The van der Waals surface area contributed by atoms with Crippen molar-refractivity contribution in [2.75, 3.05) is 13.6 Å². The van der Waals surface area contributed by atoms with Crippen LogP contribution in [0.2, 0.25) is 0 Å². The summed E-state index contributed by atoms with van der Waals surface area (Å²) in [7, 11) is 2.17. The van der Waals surface area contributed by atoms with Gasteiger partial charge in [-0.2, -0.15) is 5.26 Å². The summed E-state index contributed by atoms with van der Waals surface area (Å²) in [6.07, 6.45) is 5.86. The van der Waals surface area contributed by atoms with Crippen molar-refractivity contribution >= 4 is 0 Å². The molecule has 3 nitrogen and oxygen atoms in total. The first-order chi connectivity index (χ1) is 10.0. The third-order valence-electron chi connectivity index (χ3n) is 4.96. The van der Waals surface area contributed by atoms with Crippen LogP contribution in [0.5, 0.6) is 0 Å². The van der Waals surface area contributed by atoms with E-state index in [1.807, 2.05) is 30.3 Å². The zero-order valence-corrected chi connectivity index (χ0v) is 13.3. The number of hydrogen-bond acceptors (Lipinski definition) is 3. The first-order valence-corrected chi connectivity index (χ1v) is 8.01. The van der Waals surface area contributed by atoms with Crippen molar-refractivity contribution < 1.29 is 0 Å². The van der Waals surface area contributed by atoms with Gasteiger partial charge in [-0.15, -0.1) is 0 Å². The van der Waals surface area contributed by atoms with Crippen LogP contribution in [-0.4, -0.2) is 24.5 Å². The van der Waals surface area contributed by atoms with Crippen LogP contribution in [0.25, 0.3) is 0 Å². The molecule has 1 atom stereocenters. The molecule has 1 saturated carbocycles. The second-order valence-electron chi connectivity index (χ2n) is 6.59. The van der Waals surface area contributed by atoms with Gasteiger partial charge in [0.25, 0.3) is 0 Å². The second-order valence-corrected chi connectivity index (χ2v) is 6.59. The highest BCUT2D eigenvalue weighted by atomic mass is 15.1. The Bertz CT molecular complexity index is 471. The molecule has 1 aliphatic rings. The zero-order valence-electron chi connectivity index (χ0n) is 13.3. The number of nitriles is 1. The molecule has 0 amide bonds. The van der Waals surface area contributed by atoms with E-state index in [1.165, 1.54) is 25.7 Å². The highest BCUT2D eigenvalue weighted by Crippen LogP contribution is 2.28. The van der Waals surface area contributed by atoms with E-state index in [2.05, 4.69) is 24.9 Å².